The molecule has 3 aliphatic heterocycles. The molecule has 5 fully saturated rings. The van der Waals surface area contributed by atoms with E-state index in [4.69, 9.17) is 18.9 Å². The fraction of sp³-hybridized carbons (Fsp3) is 0.900. The minimum Gasteiger partial charge on any atom is -0.456 e. The lowest BCUT2D eigenvalue weighted by Crippen LogP contribution is -2.78. The Labute approximate surface area is 173 Å². The molecule has 0 aromatic heterocycles. The van der Waals surface area contributed by atoms with Crippen LogP contribution in [-0.4, -0.2) is 92.4 Å². The molecule has 168 valence electrons. The molecule has 30 heavy (non-hydrogen) atoms. The van der Waals surface area contributed by atoms with Crippen LogP contribution >= 0.6 is 0 Å². The molecule has 3 heterocycles. The maximum Gasteiger partial charge on any atom is 0.341 e. The zero-order valence-corrected chi connectivity index (χ0v) is 17.5. The Hall–Kier alpha value is -1.30. The highest BCUT2D eigenvalue weighted by Crippen LogP contribution is 2.76. The van der Waals surface area contributed by atoms with E-state index in [1.165, 1.54) is 14.0 Å². The average molecular weight is 428 g/mol. The number of carbonyl (C=O) groups excluding carboxylic acids is 2. The number of hydrogen-bond acceptors (Lipinski definition) is 10. The lowest BCUT2D eigenvalue weighted by atomic mass is 9.48. The summed E-state index contributed by atoms with van der Waals surface area (Å²) in [5, 5.41) is 44.8. The van der Waals surface area contributed by atoms with Crippen molar-refractivity contribution in [2.75, 3.05) is 7.11 Å². The van der Waals surface area contributed by atoms with E-state index < -0.39 is 82.1 Å². The van der Waals surface area contributed by atoms with Crippen molar-refractivity contribution in [3.8, 4) is 0 Å². The molecule has 5 rings (SSSR count). The molecule has 5 aliphatic rings. The lowest BCUT2D eigenvalue weighted by Gasteiger charge is -2.60. The molecule has 0 aromatic carbocycles. The van der Waals surface area contributed by atoms with Crippen molar-refractivity contribution in [1.82, 2.24) is 0 Å². The van der Waals surface area contributed by atoms with Gasteiger partial charge in [0.2, 0.25) is 0 Å². The predicted octanol–water partition coefficient (Wildman–Crippen LogP) is -1.74. The monoisotopic (exact) mass is 428 g/mol. The van der Waals surface area contributed by atoms with Gasteiger partial charge in [-0.15, -0.1) is 0 Å². The number of epoxide rings is 1. The summed E-state index contributed by atoms with van der Waals surface area (Å²) in [5.41, 5.74) is -9.00. The molecule has 11 atom stereocenters. The number of esters is 2. The van der Waals surface area contributed by atoms with Crippen LogP contribution in [-0.2, 0) is 28.5 Å². The highest BCUT2D eigenvalue weighted by molar-refractivity contribution is 5.85. The summed E-state index contributed by atoms with van der Waals surface area (Å²) < 4.78 is 22.7. The van der Waals surface area contributed by atoms with E-state index in [0.29, 0.717) is 0 Å². The predicted molar refractivity (Wildman–Crippen MR) is 95.7 cm³/mol. The Balaban J connectivity index is 1.74. The zero-order valence-electron chi connectivity index (χ0n) is 17.5. The van der Waals surface area contributed by atoms with Crippen LogP contribution in [0.15, 0.2) is 0 Å². The van der Waals surface area contributed by atoms with Crippen LogP contribution in [0.2, 0.25) is 0 Å². The van der Waals surface area contributed by atoms with Gasteiger partial charge in [-0.05, 0) is 12.8 Å². The normalized spacial score (nSPS) is 59.2. The Bertz CT molecular complexity index is 843. The summed E-state index contributed by atoms with van der Waals surface area (Å²) >= 11 is 0. The Morgan fingerprint density at radius 3 is 2.23 bits per heavy atom. The van der Waals surface area contributed by atoms with E-state index >= 15 is 0 Å². The average Bonchev–Trinajstić information content (AvgIpc) is 3.33. The highest BCUT2D eigenvalue weighted by Gasteiger charge is 2.96. The van der Waals surface area contributed by atoms with Gasteiger partial charge in [0, 0.05) is 13.5 Å². The summed E-state index contributed by atoms with van der Waals surface area (Å²) in [6.07, 6.45) is -5.76. The first kappa shape index (κ1) is 20.6. The number of hydrogen-bond donors (Lipinski definition) is 4. The number of aliphatic hydroxyl groups excluding tert-OH is 1. The molecule has 2 saturated carbocycles. The van der Waals surface area contributed by atoms with Crippen LogP contribution in [0, 0.1) is 17.3 Å². The highest BCUT2D eigenvalue weighted by atomic mass is 16.7. The van der Waals surface area contributed by atoms with E-state index in [-0.39, 0.29) is 6.42 Å². The number of aliphatic hydroxyl groups is 4. The molecule has 4 N–H and O–H groups in total. The standard InChI is InChI=1S/C20H28O10/c1-7(2)19(25)9-14(22)29-12(19)10(27-5)16(4)18(11-13(28-11)20(9,16)26)6-17(24,8(3)21)15(23)30-18/h7-13,21,24-26H,6H2,1-5H3/t8-,9+,10-,11-,12+,13+,16+,17-,18-,19-,20+/m1/s1. The molecule has 0 aromatic rings. The summed E-state index contributed by atoms with van der Waals surface area (Å²) in [5.74, 6) is -3.64. The lowest BCUT2D eigenvalue weighted by molar-refractivity contribution is -0.314. The SMILES string of the molecule is CO[C@@H]1[C@@H]2OC(=O)[C@@H]([C@]2(O)C(C)C)[C@]2(O)[C@H]3O[C@H]3[C@]3(C[C@@](O)([C@@H](C)O)C(=O)O3)[C@]12C. The summed E-state index contributed by atoms with van der Waals surface area (Å²) in [6.45, 7) is 6.33. The maximum atomic E-state index is 12.9. The van der Waals surface area contributed by atoms with Gasteiger partial charge in [-0.25, -0.2) is 4.79 Å². The number of ether oxygens (including phenoxy) is 4. The molecule has 2 bridgehead atoms. The first-order chi connectivity index (χ1) is 13.8. The largest absolute Gasteiger partial charge is 0.456 e. The van der Waals surface area contributed by atoms with Crippen LogP contribution in [0.5, 0.6) is 0 Å². The maximum absolute atomic E-state index is 12.9. The van der Waals surface area contributed by atoms with Crippen molar-refractivity contribution < 1.29 is 49.0 Å². The molecule has 0 radical (unpaired) electrons. The molecule has 1 spiro atoms. The fourth-order valence-corrected chi connectivity index (χ4v) is 6.99. The van der Waals surface area contributed by atoms with Gasteiger partial charge < -0.3 is 39.4 Å². The number of methoxy groups -OCH3 is 1. The minimum atomic E-state index is -2.21. The molecule has 0 unspecified atom stereocenters. The van der Waals surface area contributed by atoms with Gasteiger partial charge in [0.1, 0.15) is 35.4 Å². The second kappa shape index (κ2) is 5.36. The van der Waals surface area contributed by atoms with Gasteiger partial charge in [0.15, 0.2) is 17.3 Å². The van der Waals surface area contributed by atoms with Gasteiger partial charge in [-0.3, -0.25) is 4.79 Å². The van der Waals surface area contributed by atoms with E-state index in [2.05, 4.69) is 0 Å². The van der Waals surface area contributed by atoms with Crippen LogP contribution in [0.1, 0.15) is 34.1 Å². The Kier molecular flexibility index (Phi) is 3.68. The third kappa shape index (κ3) is 1.71. The molecule has 3 saturated heterocycles. The van der Waals surface area contributed by atoms with Crippen molar-refractivity contribution in [3.63, 3.8) is 0 Å². The summed E-state index contributed by atoms with van der Waals surface area (Å²) in [6, 6.07) is 0. The third-order valence-electron chi connectivity index (χ3n) is 8.81. The Morgan fingerprint density at radius 1 is 1.10 bits per heavy atom. The van der Waals surface area contributed by atoms with E-state index in [1.807, 2.05) is 0 Å². The number of rotatable bonds is 3. The molecule has 2 aliphatic carbocycles. The van der Waals surface area contributed by atoms with Crippen LogP contribution in [0.4, 0.5) is 0 Å². The van der Waals surface area contributed by atoms with Gasteiger partial charge in [-0.1, -0.05) is 20.8 Å². The topological polar surface area (TPSA) is 155 Å². The minimum absolute atomic E-state index is 0.357. The van der Waals surface area contributed by atoms with E-state index in [9.17, 15) is 30.0 Å². The van der Waals surface area contributed by atoms with Crippen molar-refractivity contribution in [2.45, 2.75) is 87.0 Å². The fourth-order valence-electron chi connectivity index (χ4n) is 6.99. The summed E-state index contributed by atoms with van der Waals surface area (Å²) in [4.78, 5) is 25.6. The smallest absolute Gasteiger partial charge is 0.341 e. The summed E-state index contributed by atoms with van der Waals surface area (Å²) in [7, 11) is 1.36. The van der Waals surface area contributed by atoms with Gasteiger partial charge in [0.25, 0.3) is 0 Å². The van der Waals surface area contributed by atoms with E-state index in [1.54, 1.807) is 20.8 Å². The van der Waals surface area contributed by atoms with Crippen LogP contribution in [0.25, 0.3) is 0 Å². The van der Waals surface area contributed by atoms with Crippen LogP contribution in [0.3, 0.4) is 0 Å². The molecular formula is C20H28O10. The van der Waals surface area contributed by atoms with Crippen LogP contribution < -0.4 is 0 Å². The van der Waals surface area contributed by atoms with Crippen molar-refractivity contribution in [1.29, 1.82) is 0 Å². The van der Waals surface area contributed by atoms with Crippen molar-refractivity contribution in [3.05, 3.63) is 0 Å². The van der Waals surface area contributed by atoms with Gasteiger partial charge in [-0.2, -0.15) is 0 Å². The molecular weight excluding hydrogens is 400 g/mol. The van der Waals surface area contributed by atoms with E-state index in [0.717, 1.165) is 0 Å². The third-order valence-corrected chi connectivity index (χ3v) is 8.81. The first-order valence-electron chi connectivity index (χ1n) is 10.3. The Morgan fingerprint density at radius 2 is 1.73 bits per heavy atom. The molecule has 0 amide bonds. The second-order valence-corrected chi connectivity index (χ2v) is 10.0. The van der Waals surface area contributed by atoms with Crippen molar-refractivity contribution in [2.24, 2.45) is 17.3 Å². The van der Waals surface area contributed by atoms with Gasteiger partial charge >= 0.3 is 11.9 Å². The molecule has 10 heteroatoms. The van der Waals surface area contributed by atoms with Crippen molar-refractivity contribution >= 4 is 11.9 Å². The number of fused-ring (bicyclic) bond motifs is 8. The molecule has 10 nitrogen and oxygen atoms in total. The second-order valence-electron chi connectivity index (χ2n) is 10.0. The first-order valence-corrected chi connectivity index (χ1v) is 10.3. The van der Waals surface area contributed by atoms with Gasteiger partial charge in [0.05, 0.1) is 11.5 Å². The number of carbonyl (C=O) groups is 2. The zero-order chi connectivity index (χ0) is 22.2. The quantitative estimate of drug-likeness (QED) is 0.301.